The number of ether oxygens (including phenoxy) is 2. The minimum Gasteiger partial charge on any atom is -0.462 e. The van der Waals surface area contributed by atoms with Crippen LogP contribution >= 0.6 is 0 Å². The maximum absolute atomic E-state index is 11.2. The molecule has 0 heterocycles. The van der Waals surface area contributed by atoms with Crippen molar-refractivity contribution in [1.82, 2.24) is 0 Å². The van der Waals surface area contributed by atoms with Gasteiger partial charge in [-0.2, -0.15) is 0 Å². The van der Waals surface area contributed by atoms with E-state index in [2.05, 4.69) is 0 Å². The zero-order valence-corrected chi connectivity index (χ0v) is 9.90. The average molecular weight is 232 g/mol. The lowest BCUT2D eigenvalue weighted by Crippen LogP contribution is -2.27. The molecule has 0 amide bonds. The van der Waals surface area contributed by atoms with E-state index in [9.17, 15) is 9.59 Å². The minimum absolute atomic E-state index is 0.0823. The maximum atomic E-state index is 11.2. The highest BCUT2D eigenvalue weighted by Gasteiger charge is 2.13. The van der Waals surface area contributed by atoms with Gasteiger partial charge in [-0.05, 0) is 6.42 Å². The van der Waals surface area contributed by atoms with Gasteiger partial charge in [0, 0.05) is 13.3 Å². The van der Waals surface area contributed by atoms with E-state index < -0.39 is 12.1 Å². The second-order valence-corrected chi connectivity index (χ2v) is 3.55. The van der Waals surface area contributed by atoms with E-state index >= 15 is 0 Å². The normalized spacial score (nSPS) is 11.9. The predicted molar refractivity (Wildman–Crippen MR) is 57.7 cm³/mol. The molecule has 0 aliphatic carbocycles. The third-order valence-corrected chi connectivity index (χ3v) is 1.95. The minimum atomic E-state index is -0.757. The van der Waals surface area contributed by atoms with E-state index in [1.807, 2.05) is 6.92 Å². The molecule has 0 fully saturated rings. The van der Waals surface area contributed by atoms with Crippen LogP contribution < -0.4 is 0 Å². The van der Waals surface area contributed by atoms with Crippen LogP contribution in [0.25, 0.3) is 0 Å². The summed E-state index contributed by atoms with van der Waals surface area (Å²) >= 11 is 0. The summed E-state index contributed by atoms with van der Waals surface area (Å²) in [6.45, 7) is 2.86. The van der Waals surface area contributed by atoms with Crippen LogP contribution in [0.5, 0.6) is 0 Å². The van der Waals surface area contributed by atoms with Crippen molar-refractivity contribution in [3.63, 3.8) is 0 Å². The molecule has 1 atom stereocenters. The fourth-order valence-corrected chi connectivity index (χ4v) is 1.14. The lowest BCUT2D eigenvalue weighted by molar-refractivity contribution is -0.159. The van der Waals surface area contributed by atoms with Crippen LogP contribution in [0.4, 0.5) is 0 Å². The molecule has 0 rings (SSSR count). The predicted octanol–water partition coefficient (Wildman–Crippen LogP) is 1.03. The van der Waals surface area contributed by atoms with Gasteiger partial charge in [-0.3, -0.25) is 9.59 Å². The van der Waals surface area contributed by atoms with Gasteiger partial charge in [-0.1, -0.05) is 19.8 Å². The number of aliphatic hydroxyl groups excluding tert-OH is 1. The van der Waals surface area contributed by atoms with Crippen molar-refractivity contribution in [1.29, 1.82) is 0 Å². The van der Waals surface area contributed by atoms with Crippen molar-refractivity contribution in [2.75, 3.05) is 13.2 Å². The third-order valence-electron chi connectivity index (χ3n) is 1.95. The Hall–Kier alpha value is -1.10. The molecule has 94 valence electrons. The lowest BCUT2D eigenvalue weighted by Gasteiger charge is -2.14. The monoisotopic (exact) mass is 232 g/mol. The Balaban J connectivity index is 3.66. The van der Waals surface area contributed by atoms with Gasteiger partial charge in [0.05, 0.1) is 6.61 Å². The number of aliphatic hydroxyl groups is 1. The quantitative estimate of drug-likeness (QED) is 0.500. The average Bonchev–Trinajstić information content (AvgIpc) is 2.24. The van der Waals surface area contributed by atoms with E-state index in [0.717, 1.165) is 19.3 Å². The second kappa shape index (κ2) is 9.15. The van der Waals surface area contributed by atoms with Crippen LogP contribution in [0.3, 0.4) is 0 Å². The lowest BCUT2D eigenvalue weighted by atomic mass is 10.2. The van der Waals surface area contributed by atoms with Gasteiger partial charge in [0.15, 0.2) is 6.10 Å². The van der Waals surface area contributed by atoms with Crippen LogP contribution in [0.15, 0.2) is 0 Å². The Labute approximate surface area is 95.7 Å². The first-order valence-electron chi connectivity index (χ1n) is 5.53. The van der Waals surface area contributed by atoms with Crippen LogP contribution in [0.1, 0.15) is 39.5 Å². The number of carbonyl (C=O) groups excluding carboxylic acids is 2. The first kappa shape index (κ1) is 14.9. The fourth-order valence-electron chi connectivity index (χ4n) is 1.14. The van der Waals surface area contributed by atoms with E-state index in [-0.39, 0.29) is 19.2 Å². The van der Waals surface area contributed by atoms with E-state index in [0.29, 0.717) is 6.42 Å². The molecule has 0 radical (unpaired) electrons. The van der Waals surface area contributed by atoms with Crippen LogP contribution in [0, 0.1) is 0 Å². The summed E-state index contributed by atoms with van der Waals surface area (Å²) in [5.41, 5.74) is 0. The zero-order valence-electron chi connectivity index (χ0n) is 9.90. The Bertz CT molecular complexity index is 214. The van der Waals surface area contributed by atoms with Gasteiger partial charge >= 0.3 is 11.9 Å². The smallest absolute Gasteiger partial charge is 0.305 e. The van der Waals surface area contributed by atoms with E-state index in [1.165, 1.54) is 6.92 Å². The van der Waals surface area contributed by atoms with Crippen LogP contribution in [-0.4, -0.2) is 36.4 Å². The number of hydrogen-bond acceptors (Lipinski definition) is 5. The number of carbonyl (C=O) groups is 2. The highest BCUT2D eigenvalue weighted by atomic mass is 16.6. The van der Waals surface area contributed by atoms with Crippen LogP contribution in [-0.2, 0) is 19.1 Å². The molecule has 0 saturated carbocycles. The van der Waals surface area contributed by atoms with Gasteiger partial charge in [0.2, 0.25) is 0 Å². The first-order chi connectivity index (χ1) is 7.60. The molecule has 5 heteroatoms. The fraction of sp³-hybridized carbons (Fsp3) is 0.818. The Morgan fingerprint density at radius 2 is 2.00 bits per heavy atom. The van der Waals surface area contributed by atoms with Crippen molar-refractivity contribution in [3.05, 3.63) is 0 Å². The van der Waals surface area contributed by atoms with Crippen molar-refractivity contribution in [2.24, 2.45) is 0 Å². The van der Waals surface area contributed by atoms with Crippen molar-refractivity contribution in [2.45, 2.75) is 45.6 Å². The Morgan fingerprint density at radius 1 is 1.31 bits per heavy atom. The number of esters is 2. The molecule has 0 aliphatic heterocycles. The molecule has 1 N–H and O–H groups in total. The van der Waals surface area contributed by atoms with Crippen molar-refractivity contribution < 1.29 is 24.2 Å². The van der Waals surface area contributed by atoms with E-state index in [4.69, 9.17) is 14.6 Å². The molecule has 0 bridgehead atoms. The SMILES string of the molecule is CCCCCC(=O)OC[C@H](CO)OC(C)=O. The van der Waals surface area contributed by atoms with Crippen LogP contribution in [0.2, 0.25) is 0 Å². The number of unbranched alkanes of at least 4 members (excludes halogenated alkanes) is 2. The molecule has 5 nitrogen and oxygen atoms in total. The van der Waals surface area contributed by atoms with Crippen molar-refractivity contribution in [3.8, 4) is 0 Å². The molecule has 0 saturated heterocycles. The van der Waals surface area contributed by atoms with Gasteiger partial charge in [-0.25, -0.2) is 0 Å². The molecule has 0 unspecified atom stereocenters. The van der Waals surface area contributed by atoms with Gasteiger partial charge in [0.25, 0.3) is 0 Å². The summed E-state index contributed by atoms with van der Waals surface area (Å²) < 4.78 is 9.58. The number of hydrogen-bond donors (Lipinski definition) is 1. The highest BCUT2D eigenvalue weighted by molar-refractivity contribution is 5.69. The van der Waals surface area contributed by atoms with Gasteiger partial charge in [0.1, 0.15) is 6.61 Å². The van der Waals surface area contributed by atoms with Crippen molar-refractivity contribution >= 4 is 11.9 Å². The van der Waals surface area contributed by atoms with Gasteiger partial charge < -0.3 is 14.6 Å². The standard InChI is InChI=1S/C11H20O5/c1-3-4-5-6-11(14)15-8-10(7-12)16-9(2)13/h10,12H,3-8H2,1-2H3/t10-/m0/s1. The highest BCUT2D eigenvalue weighted by Crippen LogP contribution is 2.02. The largest absolute Gasteiger partial charge is 0.462 e. The summed E-state index contributed by atoms with van der Waals surface area (Å²) in [6, 6.07) is 0. The maximum Gasteiger partial charge on any atom is 0.305 e. The number of rotatable bonds is 8. The Kier molecular flexibility index (Phi) is 8.52. The molecular formula is C11H20O5. The molecule has 0 aromatic carbocycles. The molecule has 16 heavy (non-hydrogen) atoms. The third kappa shape index (κ3) is 8.23. The molecular weight excluding hydrogens is 212 g/mol. The summed E-state index contributed by atoms with van der Waals surface area (Å²) in [7, 11) is 0. The topological polar surface area (TPSA) is 72.8 Å². The summed E-state index contributed by atoms with van der Waals surface area (Å²) in [4.78, 5) is 21.8. The summed E-state index contributed by atoms with van der Waals surface area (Å²) in [6.07, 6.45) is 2.44. The first-order valence-corrected chi connectivity index (χ1v) is 5.53. The second-order valence-electron chi connectivity index (χ2n) is 3.55. The summed E-state index contributed by atoms with van der Waals surface area (Å²) in [5, 5.41) is 8.83. The summed E-state index contributed by atoms with van der Waals surface area (Å²) in [5.74, 6) is -0.819. The zero-order chi connectivity index (χ0) is 12.4. The molecule has 0 spiro atoms. The van der Waals surface area contributed by atoms with E-state index in [1.54, 1.807) is 0 Å². The molecule has 0 aromatic rings. The Morgan fingerprint density at radius 3 is 2.50 bits per heavy atom. The molecule has 0 aliphatic rings. The molecule has 0 aromatic heterocycles. The van der Waals surface area contributed by atoms with Gasteiger partial charge in [-0.15, -0.1) is 0 Å².